The lowest BCUT2D eigenvalue weighted by atomic mass is 10.3. The van der Waals surface area contributed by atoms with E-state index in [-0.39, 0.29) is 0 Å². The highest BCUT2D eigenvalue weighted by Crippen LogP contribution is 2.25. The van der Waals surface area contributed by atoms with Crippen LogP contribution in [0.3, 0.4) is 0 Å². The molecule has 0 saturated heterocycles. The van der Waals surface area contributed by atoms with Crippen LogP contribution in [0.5, 0.6) is 5.75 Å². The van der Waals surface area contributed by atoms with Crippen LogP contribution >= 0.6 is 0 Å². The Morgan fingerprint density at radius 2 is 2.12 bits per heavy atom. The maximum absolute atomic E-state index is 5.21. The summed E-state index contributed by atoms with van der Waals surface area (Å²) in [6.45, 7) is 0. The molecule has 1 heterocycles. The lowest BCUT2D eigenvalue weighted by Gasteiger charge is -2.02. The van der Waals surface area contributed by atoms with Crippen molar-refractivity contribution in [3.8, 4) is 5.75 Å². The van der Waals surface area contributed by atoms with E-state index in [1.54, 1.807) is 13.4 Å². The quantitative estimate of drug-likeness (QED) is 0.734. The second-order valence-electron chi connectivity index (χ2n) is 3.27. The van der Waals surface area contributed by atoms with E-state index in [9.17, 15) is 0 Å². The Kier molecular flexibility index (Phi) is 3.38. The minimum Gasteiger partial charge on any atom is -0.494 e. The first-order valence-corrected chi connectivity index (χ1v) is 5.08. The van der Waals surface area contributed by atoms with E-state index in [4.69, 9.17) is 9.15 Å². The van der Waals surface area contributed by atoms with E-state index in [2.05, 4.69) is 4.99 Å². The Bertz CT molecular complexity index is 461. The van der Waals surface area contributed by atoms with Crippen LogP contribution in [0.15, 0.2) is 52.1 Å². The highest BCUT2D eigenvalue weighted by molar-refractivity contribution is 5.68. The van der Waals surface area contributed by atoms with Crippen molar-refractivity contribution in [3.63, 3.8) is 0 Å². The molecule has 0 atom stereocenters. The number of aliphatic imine (C=N–C) groups is 1. The van der Waals surface area contributed by atoms with Crippen molar-refractivity contribution in [1.29, 1.82) is 0 Å². The van der Waals surface area contributed by atoms with Gasteiger partial charge in [0, 0.05) is 12.6 Å². The second-order valence-corrected chi connectivity index (χ2v) is 3.27. The number of benzene rings is 1. The van der Waals surface area contributed by atoms with E-state index in [1.165, 1.54) is 0 Å². The molecule has 0 amide bonds. The molecule has 2 rings (SSSR count). The van der Waals surface area contributed by atoms with Gasteiger partial charge in [-0.1, -0.05) is 12.1 Å². The van der Waals surface area contributed by atoms with Gasteiger partial charge in [0.2, 0.25) is 0 Å². The van der Waals surface area contributed by atoms with E-state index < -0.39 is 0 Å². The summed E-state index contributed by atoms with van der Waals surface area (Å²) in [5.74, 6) is 1.68. The summed E-state index contributed by atoms with van der Waals surface area (Å²) in [6, 6.07) is 11.4. The molecule has 0 aliphatic heterocycles. The molecule has 0 unspecified atom stereocenters. The molecule has 1 aromatic heterocycles. The third-order valence-electron chi connectivity index (χ3n) is 2.19. The number of furan rings is 1. The van der Waals surface area contributed by atoms with Gasteiger partial charge in [0.1, 0.15) is 17.2 Å². The first kappa shape index (κ1) is 10.5. The average molecular weight is 215 g/mol. The molecule has 1 aromatic carbocycles. The van der Waals surface area contributed by atoms with Gasteiger partial charge in [-0.2, -0.15) is 0 Å². The SMILES string of the molecule is COc1ccccc1N=CCc1ccco1. The van der Waals surface area contributed by atoms with Crippen LogP contribution in [0.2, 0.25) is 0 Å². The van der Waals surface area contributed by atoms with E-state index in [0.717, 1.165) is 17.2 Å². The molecule has 0 spiro atoms. The zero-order chi connectivity index (χ0) is 11.2. The zero-order valence-electron chi connectivity index (χ0n) is 9.09. The molecule has 0 fully saturated rings. The van der Waals surface area contributed by atoms with Gasteiger partial charge in [0.25, 0.3) is 0 Å². The average Bonchev–Trinajstić information content (AvgIpc) is 2.83. The number of nitrogens with zero attached hydrogens (tertiary/aromatic N) is 1. The summed E-state index contributed by atoms with van der Waals surface area (Å²) in [5.41, 5.74) is 0.830. The molecule has 3 heteroatoms. The van der Waals surface area contributed by atoms with Crippen LogP contribution in [0.25, 0.3) is 0 Å². The topological polar surface area (TPSA) is 34.7 Å². The lowest BCUT2D eigenvalue weighted by molar-refractivity contribution is 0.416. The number of hydrogen-bond acceptors (Lipinski definition) is 3. The van der Waals surface area contributed by atoms with Crippen molar-refractivity contribution in [2.45, 2.75) is 6.42 Å². The molecule has 0 bridgehead atoms. The van der Waals surface area contributed by atoms with Crippen LogP contribution in [0.4, 0.5) is 5.69 Å². The Morgan fingerprint density at radius 1 is 1.25 bits per heavy atom. The first-order valence-electron chi connectivity index (χ1n) is 5.08. The van der Waals surface area contributed by atoms with E-state index >= 15 is 0 Å². The van der Waals surface area contributed by atoms with E-state index in [0.29, 0.717) is 6.42 Å². The number of methoxy groups -OCH3 is 1. The van der Waals surface area contributed by atoms with Crippen molar-refractivity contribution in [2.24, 2.45) is 4.99 Å². The van der Waals surface area contributed by atoms with Crippen LogP contribution < -0.4 is 4.74 Å². The van der Waals surface area contributed by atoms with Crippen molar-refractivity contribution in [1.82, 2.24) is 0 Å². The Morgan fingerprint density at radius 3 is 2.88 bits per heavy atom. The zero-order valence-corrected chi connectivity index (χ0v) is 9.09. The molecule has 3 nitrogen and oxygen atoms in total. The third-order valence-corrected chi connectivity index (χ3v) is 2.19. The molecule has 0 saturated carbocycles. The highest BCUT2D eigenvalue weighted by Gasteiger charge is 1.97. The van der Waals surface area contributed by atoms with Crippen molar-refractivity contribution >= 4 is 11.9 Å². The summed E-state index contributed by atoms with van der Waals surface area (Å²) in [7, 11) is 1.64. The molecular formula is C13H13NO2. The third kappa shape index (κ3) is 2.51. The highest BCUT2D eigenvalue weighted by atomic mass is 16.5. The standard InChI is InChI=1S/C13H13NO2/c1-15-13-7-3-2-6-12(13)14-9-8-11-5-4-10-16-11/h2-7,9-10H,8H2,1H3. The second kappa shape index (κ2) is 5.16. The van der Waals surface area contributed by atoms with Gasteiger partial charge >= 0.3 is 0 Å². The fraction of sp³-hybridized carbons (Fsp3) is 0.154. The van der Waals surface area contributed by atoms with Gasteiger partial charge in [0.15, 0.2) is 0 Å². The van der Waals surface area contributed by atoms with Gasteiger partial charge in [-0.25, -0.2) is 0 Å². The van der Waals surface area contributed by atoms with E-state index in [1.807, 2.05) is 42.6 Å². The van der Waals surface area contributed by atoms with Crippen LogP contribution in [-0.2, 0) is 6.42 Å². The molecule has 0 radical (unpaired) electrons. The monoisotopic (exact) mass is 215 g/mol. The Hall–Kier alpha value is -2.03. The van der Waals surface area contributed by atoms with Crippen molar-refractivity contribution in [3.05, 3.63) is 48.4 Å². The van der Waals surface area contributed by atoms with Crippen molar-refractivity contribution in [2.75, 3.05) is 7.11 Å². The molecule has 16 heavy (non-hydrogen) atoms. The molecule has 0 N–H and O–H groups in total. The van der Waals surface area contributed by atoms with Gasteiger partial charge < -0.3 is 9.15 Å². The van der Waals surface area contributed by atoms with Gasteiger partial charge in [-0.05, 0) is 24.3 Å². The minimum atomic E-state index is 0.686. The summed E-state index contributed by atoms with van der Waals surface area (Å²) in [4.78, 5) is 4.34. The van der Waals surface area contributed by atoms with Crippen molar-refractivity contribution < 1.29 is 9.15 Å². The normalized spacial score (nSPS) is 10.8. The summed E-state index contributed by atoms with van der Waals surface area (Å²) >= 11 is 0. The summed E-state index contributed by atoms with van der Waals surface area (Å²) in [5, 5.41) is 0. The minimum absolute atomic E-state index is 0.686. The van der Waals surface area contributed by atoms with Gasteiger partial charge in [-0.15, -0.1) is 0 Å². The van der Waals surface area contributed by atoms with Gasteiger partial charge in [0.05, 0.1) is 13.4 Å². The number of para-hydroxylation sites is 2. The van der Waals surface area contributed by atoms with Gasteiger partial charge in [-0.3, -0.25) is 4.99 Å². The number of rotatable bonds is 4. The Balaban J connectivity index is 2.05. The predicted octanol–water partition coefficient (Wildman–Crippen LogP) is 3.23. The number of hydrogen-bond donors (Lipinski definition) is 0. The molecule has 0 aliphatic carbocycles. The largest absolute Gasteiger partial charge is 0.494 e. The summed E-state index contributed by atoms with van der Waals surface area (Å²) < 4.78 is 10.4. The molecule has 82 valence electrons. The number of ether oxygens (including phenoxy) is 1. The fourth-order valence-corrected chi connectivity index (χ4v) is 1.40. The summed E-state index contributed by atoms with van der Waals surface area (Å²) in [6.07, 6.45) is 4.16. The van der Waals surface area contributed by atoms with Crippen LogP contribution in [-0.4, -0.2) is 13.3 Å². The maximum atomic E-state index is 5.21. The maximum Gasteiger partial charge on any atom is 0.144 e. The first-order chi connectivity index (χ1) is 7.90. The lowest BCUT2D eigenvalue weighted by Crippen LogP contribution is -1.84. The molecule has 2 aromatic rings. The molecular weight excluding hydrogens is 202 g/mol. The molecule has 0 aliphatic rings. The van der Waals surface area contributed by atoms with Crippen LogP contribution in [0.1, 0.15) is 5.76 Å². The predicted molar refractivity (Wildman–Crippen MR) is 63.6 cm³/mol. The smallest absolute Gasteiger partial charge is 0.144 e. The Labute approximate surface area is 94.4 Å². The van der Waals surface area contributed by atoms with Crippen LogP contribution in [0, 0.1) is 0 Å². The fourth-order valence-electron chi connectivity index (χ4n) is 1.40.